The Bertz CT molecular complexity index is 511. The summed E-state index contributed by atoms with van der Waals surface area (Å²) < 4.78 is 27.3. The number of carbonyl (C=O) groups excluding carboxylic acids is 1. The number of amides is 1. The van der Waals surface area contributed by atoms with Crippen LogP contribution in [-0.4, -0.2) is 19.0 Å². The highest BCUT2D eigenvalue weighted by Crippen LogP contribution is 2.32. The Hall–Kier alpha value is -1.49. The fraction of sp³-hybridized carbons (Fsp3) is 0.533. The lowest BCUT2D eigenvalue weighted by atomic mass is 9.77. The molecule has 1 fully saturated rings. The van der Waals surface area contributed by atoms with Crippen molar-refractivity contribution >= 4 is 11.6 Å². The summed E-state index contributed by atoms with van der Waals surface area (Å²) in [7, 11) is 0. The Morgan fingerprint density at radius 3 is 2.75 bits per heavy atom. The summed E-state index contributed by atoms with van der Waals surface area (Å²) in [5, 5.41) is 5.75. The first-order valence-electron chi connectivity index (χ1n) is 6.96. The molecule has 0 bridgehead atoms. The first-order chi connectivity index (χ1) is 9.48. The van der Waals surface area contributed by atoms with Crippen LogP contribution >= 0.6 is 0 Å². The standard InChI is InChI=1S/C15H20F2N2O/c1-3-15(5-4-6-18-9-15)14(20)19-13-8-11(16)10(2)7-12(13)17/h7-8,18H,3-6,9H2,1-2H3,(H,19,20). The molecule has 1 aliphatic rings. The summed E-state index contributed by atoms with van der Waals surface area (Å²) in [5.74, 6) is -1.37. The predicted molar refractivity (Wildman–Crippen MR) is 74.6 cm³/mol. The van der Waals surface area contributed by atoms with Crippen molar-refractivity contribution in [2.45, 2.75) is 33.1 Å². The van der Waals surface area contributed by atoms with E-state index in [-0.39, 0.29) is 17.2 Å². The molecule has 1 aliphatic heterocycles. The summed E-state index contributed by atoms with van der Waals surface area (Å²) >= 11 is 0. The van der Waals surface area contributed by atoms with Crippen molar-refractivity contribution in [3.05, 3.63) is 29.3 Å². The number of piperidine rings is 1. The molecule has 0 aliphatic carbocycles. The summed E-state index contributed by atoms with van der Waals surface area (Å²) in [6, 6.07) is 2.14. The van der Waals surface area contributed by atoms with Gasteiger partial charge in [-0.2, -0.15) is 0 Å². The van der Waals surface area contributed by atoms with E-state index < -0.39 is 17.0 Å². The van der Waals surface area contributed by atoms with Crippen molar-refractivity contribution in [1.29, 1.82) is 0 Å². The zero-order valence-electron chi connectivity index (χ0n) is 11.9. The zero-order valence-corrected chi connectivity index (χ0v) is 11.9. The van der Waals surface area contributed by atoms with Gasteiger partial charge in [-0.25, -0.2) is 8.78 Å². The molecule has 5 heteroatoms. The highest BCUT2D eigenvalue weighted by molar-refractivity contribution is 5.95. The largest absolute Gasteiger partial charge is 0.323 e. The average molecular weight is 282 g/mol. The van der Waals surface area contributed by atoms with E-state index >= 15 is 0 Å². The maximum absolute atomic E-state index is 13.8. The van der Waals surface area contributed by atoms with Crippen LogP contribution in [0.4, 0.5) is 14.5 Å². The molecule has 1 unspecified atom stereocenters. The van der Waals surface area contributed by atoms with Crippen molar-refractivity contribution in [1.82, 2.24) is 5.32 Å². The molecule has 1 heterocycles. The second-order valence-corrected chi connectivity index (χ2v) is 5.45. The van der Waals surface area contributed by atoms with Gasteiger partial charge in [0.25, 0.3) is 0 Å². The van der Waals surface area contributed by atoms with Crippen LogP contribution < -0.4 is 10.6 Å². The number of carbonyl (C=O) groups is 1. The lowest BCUT2D eigenvalue weighted by Gasteiger charge is -2.35. The third kappa shape index (κ3) is 2.82. The number of halogens is 2. The van der Waals surface area contributed by atoms with Gasteiger partial charge >= 0.3 is 0 Å². The van der Waals surface area contributed by atoms with Gasteiger partial charge < -0.3 is 10.6 Å². The maximum atomic E-state index is 13.8. The van der Waals surface area contributed by atoms with E-state index in [9.17, 15) is 13.6 Å². The van der Waals surface area contributed by atoms with Crippen LogP contribution in [0.5, 0.6) is 0 Å². The lowest BCUT2D eigenvalue weighted by Crippen LogP contribution is -2.47. The van der Waals surface area contributed by atoms with Crippen molar-refractivity contribution < 1.29 is 13.6 Å². The molecule has 1 saturated heterocycles. The van der Waals surface area contributed by atoms with Gasteiger partial charge in [-0.15, -0.1) is 0 Å². The Morgan fingerprint density at radius 2 is 2.15 bits per heavy atom. The third-order valence-corrected chi connectivity index (χ3v) is 4.13. The van der Waals surface area contributed by atoms with Gasteiger partial charge in [0.1, 0.15) is 11.6 Å². The Balaban J connectivity index is 2.20. The highest BCUT2D eigenvalue weighted by Gasteiger charge is 2.38. The first-order valence-corrected chi connectivity index (χ1v) is 6.96. The molecule has 1 aromatic rings. The van der Waals surface area contributed by atoms with Crippen LogP contribution in [0.2, 0.25) is 0 Å². The van der Waals surface area contributed by atoms with Crippen molar-refractivity contribution in [2.24, 2.45) is 5.41 Å². The molecule has 1 amide bonds. The van der Waals surface area contributed by atoms with Crippen molar-refractivity contribution in [3.8, 4) is 0 Å². The van der Waals surface area contributed by atoms with Crippen LogP contribution in [0.15, 0.2) is 12.1 Å². The molecule has 0 spiro atoms. The third-order valence-electron chi connectivity index (χ3n) is 4.13. The van der Waals surface area contributed by atoms with Crippen molar-refractivity contribution in [3.63, 3.8) is 0 Å². The maximum Gasteiger partial charge on any atom is 0.231 e. The molecule has 0 aromatic heterocycles. The molecular formula is C15H20F2N2O. The van der Waals surface area contributed by atoms with Crippen LogP contribution in [0.3, 0.4) is 0 Å². The van der Waals surface area contributed by atoms with Crippen LogP contribution in [0, 0.1) is 24.0 Å². The van der Waals surface area contributed by atoms with E-state index in [1.54, 1.807) is 0 Å². The quantitative estimate of drug-likeness (QED) is 0.895. The summed E-state index contributed by atoms with van der Waals surface area (Å²) in [5.41, 5.74) is -0.395. The molecule has 1 atom stereocenters. The molecule has 3 nitrogen and oxygen atoms in total. The van der Waals surface area contributed by atoms with Gasteiger partial charge in [0.05, 0.1) is 11.1 Å². The monoisotopic (exact) mass is 282 g/mol. The number of aryl methyl sites for hydroxylation is 1. The van der Waals surface area contributed by atoms with E-state index in [0.717, 1.165) is 31.5 Å². The second kappa shape index (κ2) is 5.87. The Morgan fingerprint density at radius 1 is 1.40 bits per heavy atom. The number of nitrogens with one attached hydrogen (secondary N) is 2. The van der Waals surface area contributed by atoms with Crippen LogP contribution in [-0.2, 0) is 4.79 Å². The van der Waals surface area contributed by atoms with E-state index in [1.165, 1.54) is 6.92 Å². The molecule has 0 radical (unpaired) electrons. The average Bonchev–Trinajstić information content (AvgIpc) is 2.45. The summed E-state index contributed by atoms with van der Waals surface area (Å²) in [4.78, 5) is 12.4. The summed E-state index contributed by atoms with van der Waals surface area (Å²) in [6.07, 6.45) is 2.34. The number of hydrogen-bond acceptors (Lipinski definition) is 2. The van der Waals surface area contributed by atoms with E-state index in [1.807, 2.05) is 6.92 Å². The summed E-state index contributed by atoms with van der Waals surface area (Å²) in [6.45, 7) is 4.90. The van der Waals surface area contributed by atoms with Gasteiger partial charge in [0, 0.05) is 12.6 Å². The van der Waals surface area contributed by atoms with Gasteiger partial charge in [0.2, 0.25) is 5.91 Å². The van der Waals surface area contributed by atoms with Crippen LogP contribution in [0.1, 0.15) is 31.7 Å². The van der Waals surface area contributed by atoms with Crippen molar-refractivity contribution in [2.75, 3.05) is 18.4 Å². The second-order valence-electron chi connectivity index (χ2n) is 5.45. The fourth-order valence-corrected chi connectivity index (χ4v) is 2.62. The Kier molecular flexibility index (Phi) is 4.38. The number of hydrogen-bond donors (Lipinski definition) is 2. The van der Waals surface area contributed by atoms with Gasteiger partial charge in [-0.05, 0) is 44.4 Å². The molecule has 2 N–H and O–H groups in total. The first kappa shape index (κ1) is 14.9. The fourth-order valence-electron chi connectivity index (χ4n) is 2.62. The van der Waals surface area contributed by atoms with Gasteiger partial charge in [0.15, 0.2) is 0 Å². The zero-order chi connectivity index (χ0) is 14.8. The molecule has 1 aromatic carbocycles. The van der Waals surface area contributed by atoms with E-state index in [0.29, 0.717) is 13.0 Å². The minimum atomic E-state index is -0.604. The number of anilines is 1. The number of rotatable bonds is 3. The molecule has 0 saturated carbocycles. The lowest BCUT2D eigenvalue weighted by molar-refractivity contribution is -0.126. The van der Waals surface area contributed by atoms with Crippen LogP contribution in [0.25, 0.3) is 0 Å². The molecule has 20 heavy (non-hydrogen) atoms. The molecular weight excluding hydrogens is 262 g/mol. The smallest absolute Gasteiger partial charge is 0.231 e. The number of benzene rings is 1. The SMILES string of the molecule is CCC1(C(=O)Nc2cc(F)c(C)cc2F)CCCNC1. The normalized spacial score (nSPS) is 22.6. The van der Waals surface area contributed by atoms with E-state index in [4.69, 9.17) is 0 Å². The van der Waals surface area contributed by atoms with Gasteiger partial charge in [-0.1, -0.05) is 6.92 Å². The highest BCUT2D eigenvalue weighted by atomic mass is 19.1. The molecule has 110 valence electrons. The van der Waals surface area contributed by atoms with E-state index in [2.05, 4.69) is 10.6 Å². The minimum absolute atomic E-state index is 0.0866. The topological polar surface area (TPSA) is 41.1 Å². The Labute approximate surface area is 117 Å². The minimum Gasteiger partial charge on any atom is -0.323 e. The van der Waals surface area contributed by atoms with Gasteiger partial charge in [-0.3, -0.25) is 4.79 Å². The predicted octanol–water partition coefficient (Wildman–Crippen LogP) is 2.99. The molecule has 2 rings (SSSR count).